The third-order valence-corrected chi connectivity index (χ3v) is 2.93. The summed E-state index contributed by atoms with van der Waals surface area (Å²) in [6.07, 6.45) is 8.52. The topological polar surface area (TPSA) is 24.4 Å². The minimum absolute atomic E-state index is 1.03. The molecule has 0 aromatic heterocycles. The molecule has 3 heteroatoms. The van der Waals surface area contributed by atoms with E-state index in [-0.39, 0.29) is 0 Å². The molecule has 0 aliphatic carbocycles. The molecule has 1 aliphatic heterocycles. The van der Waals surface area contributed by atoms with Gasteiger partial charge < -0.3 is 5.32 Å². The molecule has 0 atom stereocenters. The Balaban J connectivity index is 1.95. The second-order valence-electron chi connectivity index (χ2n) is 3.41. The first kappa shape index (κ1) is 10.9. The first-order valence-corrected chi connectivity index (χ1v) is 6.59. The second-order valence-corrected chi connectivity index (χ2v) is 4.40. The Morgan fingerprint density at radius 2 is 2.31 bits per heavy atom. The zero-order valence-corrected chi connectivity index (χ0v) is 9.33. The van der Waals surface area contributed by atoms with Gasteiger partial charge in [-0.1, -0.05) is 0 Å². The van der Waals surface area contributed by atoms with E-state index in [1.165, 1.54) is 43.7 Å². The predicted octanol–water partition coefficient (Wildman–Crippen LogP) is 2.30. The van der Waals surface area contributed by atoms with Crippen molar-refractivity contribution in [2.75, 3.05) is 25.1 Å². The van der Waals surface area contributed by atoms with Crippen LogP contribution in [-0.2, 0) is 0 Å². The van der Waals surface area contributed by atoms with E-state index in [0.717, 1.165) is 13.1 Å². The summed E-state index contributed by atoms with van der Waals surface area (Å²) < 4.78 is 0. The lowest BCUT2D eigenvalue weighted by atomic mass is 10.2. The molecule has 0 amide bonds. The van der Waals surface area contributed by atoms with Gasteiger partial charge in [0.2, 0.25) is 0 Å². The van der Waals surface area contributed by atoms with E-state index in [4.69, 9.17) is 0 Å². The summed E-state index contributed by atoms with van der Waals surface area (Å²) >= 11 is 1.93. The van der Waals surface area contributed by atoms with Gasteiger partial charge in [-0.3, -0.25) is 4.99 Å². The maximum absolute atomic E-state index is 4.45. The smallest absolute Gasteiger partial charge is 0.0963 e. The molecule has 0 saturated heterocycles. The Morgan fingerprint density at radius 1 is 1.38 bits per heavy atom. The number of amidine groups is 1. The molecule has 0 unspecified atom stereocenters. The molecule has 1 rings (SSSR count). The van der Waals surface area contributed by atoms with Crippen LogP contribution in [0.2, 0.25) is 0 Å². The molecule has 2 nitrogen and oxygen atoms in total. The maximum atomic E-state index is 4.45. The fourth-order valence-corrected chi connectivity index (χ4v) is 1.94. The molecule has 0 bridgehead atoms. The molecule has 1 aliphatic rings. The first-order chi connectivity index (χ1) is 6.43. The summed E-state index contributed by atoms with van der Waals surface area (Å²) in [5, 5.41) is 3.42. The van der Waals surface area contributed by atoms with Crippen LogP contribution in [0.15, 0.2) is 4.99 Å². The number of nitrogens with one attached hydrogen (secondary N) is 1. The summed E-state index contributed by atoms with van der Waals surface area (Å²) in [7, 11) is 0. The van der Waals surface area contributed by atoms with Crippen LogP contribution in [0.25, 0.3) is 0 Å². The fourth-order valence-electron chi connectivity index (χ4n) is 1.45. The lowest BCUT2D eigenvalue weighted by molar-refractivity contribution is 0.688. The van der Waals surface area contributed by atoms with Crippen molar-refractivity contribution in [3.8, 4) is 0 Å². The summed E-state index contributed by atoms with van der Waals surface area (Å²) in [6.45, 7) is 2.15. The Bertz CT molecular complexity index is 157. The van der Waals surface area contributed by atoms with Crippen LogP contribution in [0.4, 0.5) is 0 Å². The Hall–Kier alpha value is -0.180. The Kier molecular flexibility index (Phi) is 6.07. The molecule has 0 aromatic rings. The molecule has 0 radical (unpaired) electrons. The Morgan fingerprint density at radius 3 is 3.00 bits per heavy atom. The molecule has 0 fully saturated rings. The van der Waals surface area contributed by atoms with E-state index in [1.807, 2.05) is 11.8 Å². The van der Waals surface area contributed by atoms with Gasteiger partial charge in [0.1, 0.15) is 0 Å². The molecule has 0 spiro atoms. The van der Waals surface area contributed by atoms with E-state index in [1.54, 1.807) is 0 Å². The lowest BCUT2D eigenvalue weighted by Crippen LogP contribution is -2.26. The van der Waals surface area contributed by atoms with Crippen molar-refractivity contribution >= 4 is 17.6 Å². The minimum Gasteiger partial charge on any atom is -0.374 e. The number of hydrogen-bond acceptors (Lipinski definition) is 3. The highest BCUT2D eigenvalue weighted by molar-refractivity contribution is 7.98. The highest BCUT2D eigenvalue weighted by Crippen LogP contribution is 2.04. The first-order valence-electron chi connectivity index (χ1n) is 5.19. The van der Waals surface area contributed by atoms with E-state index < -0.39 is 0 Å². The normalized spacial score (nSPS) is 16.8. The molecule has 1 N–H and O–H groups in total. The van der Waals surface area contributed by atoms with E-state index in [9.17, 15) is 0 Å². The van der Waals surface area contributed by atoms with Crippen molar-refractivity contribution < 1.29 is 0 Å². The molecule has 76 valence electrons. The van der Waals surface area contributed by atoms with Gasteiger partial charge in [0.15, 0.2) is 0 Å². The van der Waals surface area contributed by atoms with Crippen LogP contribution in [0, 0.1) is 0 Å². The van der Waals surface area contributed by atoms with Crippen molar-refractivity contribution in [3.63, 3.8) is 0 Å². The van der Waals surface area contributed by atoms with E-state index >= 15 is 0 Å². The van der Waals surface area contributed by atoms with Gasteiger partial charge in [-0.25, -0.2) is 0 Å². The standard InChI is InChI=1S/C10H20N2S/c1-13-9-5-4-8-12-10-6-2-3-7-11-10/h2-9H2,1H3,(H,11,12). The predicted molar refractivity (Wildman–Crippen MR) is 61.8 cm³/mol. The fraction of sp³-hybridized carbons (Fsp3) is 0.900. The molecular formula is C10H20N2S. The molecule has 0 aromatic carbocycles. The van der Waals surface area contributed by atoms with Crippen LogP contribution < -0.4 is 5.32 Å². The van der Waals surface area contributed by atoms with Crippen molar-refractivity contribution in [2.24, 2.45) is 4.99 Å². The molecule has 1 heterocycles. The number of hydrogen-bond donors (Lipinski definition) is 1. The van der Waals surface area contributed by atoms with Gasteiger partial charge in [-0.15, -0.1) is 0 Å². The maximum Gasteiger partial charge on any atom is 0.0963 e. The van der Waals surface area contributed by atoms with Crippen LogP contribution in [-0.4, -0.2) is 30.9 Å². The molecule has 13 heavy (non-hydrogen) atoms. The van der Waals surface area contributed by atoms with Gasteiger partial charge in [-0.05, 0) is 37.7 Å². The minimum atomic E-state index is 1.03. The summed E-state index contributed by atoms with van der Waals surface area (Å²) in [5.41, 5.74) is 0. The number of aliphatic imine (C=N–C) groups is 1. The molecular weight excluding hydrogens is 180 g/mol. The highest BCUT2D eigenvalue weighted by atomic mass is 32.2. The van der Waals surface area contributed by atoms with Crippen molar-refractivity contribution in [2.45, 2.75) is 32.1 Å². The summed E-state index contributed by atoms with van der Waals surface area (Å²) in [6, 6.07) is 0. The molecule has 0 saturated carbocycles. The SMILES string of the molecule is CSCCCCNC1=NCCCC1. The monoisotopic (exact) mass is 200 g/mol. The summed E-state index contributed by atoms with van der Waals surface area (Å²) in [5.74, 6) is 2.53. The highest BCUT2D eigenvalue weighted by Gasteiger charge is 2.02. The zero-order chi connectivity index (χ0) is 9.36. The van der Waals surface area contributed by atoms with E-state index in [2.05, 4.69) is 16.6 Å². The van der Waals surface area contributed by atoms with Crippen LogP contribution in [0.3, 0.4) is 0 Å². The Labute approximate surface area is 85.6 Å². The third kappa shape index (κ3) is 5.19. The summed E-state index contributed by atoms with van der Waals surface area (Å²) in [4.78, 5) is 4.45. The largest absolute Gasteiger partial charge is 0.374 e. The van der Waals surface area contributed by atoms with Crippen molar-refractivity contribution in [1.82, 2.24) is 5.32 Å². The number of nitrogens with zero attached hydrogens (tertiary/aromatic N) is 1. The van der Waals surface area contributed by atoms with Crippen LogP contribution >= 0.6 is 11.8 Å². The van der Waals surface area contributed by atoms with Gasteiger partial charge in [-0.2, -0.15) is 11.8 Å². The van der Waals surface area contributed by atoms with Crippen molar-refractivity contribution in [1.29, 1.82) is 0 Å². The second kappa shape index (κ2) is 7.25. The van der Waals surface area contributed by atoms with Crippen LogP contribution in [0.5, 0.6) is 0 Å². The number of rotatable bonds is 5. The zero-order valence-electron chi connectivity index (χ0n) is 8.51. The van der Waals surface area contributed by atoms with Crippen LogP contribution in [0.1, 0.15) is 32.1 Å². The average Bonchev–Trinajstić information content (AvgIpc) is 2.19. The van der Waals surface area contributed by atoms with Gasteiger partial charge in [0, 0.05) is 19.5 Å². The third-order valence-electron chi connectivity index (χ3n) is 2.23. The lowest BCUT2D eigenvalue weighted by Gasteiger charge is -2.13. The van der Waals surface area contributed by atoms with Gasteiger partial charge >= 0.3 is 0 Å². The van der Waals surface area contributed by atoms with Gasteiger partial charge in [0.05, 0.1) is 5.84 Å². The number of unbranched alkanes of at least 4 members (excludes halogenated alkanes) is 1. The van der Waals surface area contributed by atoms with E-state index in [0.29, 0.717) is 0 Å². The average molecular weight is 200 g/mol. The van der Waals surface area contributed by atoms with Crippen molar-refractivity contribution in [3.05, 3.63) is 0 Å². The quantitative estimate of drug-likeness (QED) is 0.689. The number of thioether (sulfide) groups is 1. The van der Waals surface area contributed by atoms with Gasteiger partial charge in [0.25, 0.3) is 0 Å².